The van der Waals surface area contributed by atoms with Crippen LogP contribution in [0.2, 0.25) is 0 Å². The monoisotopic (exact) mass is 308 g/mol. The van der Waals surface area contributed by atoms with Crippen LogP contribution in [-0.2, 0) is 4.79 Å². The largest absolute Gasteiger partial charge is 0.462 e. The number of aryl methyl sites for hydroxylation is 1. The number of hydrogen-bond donors (Lipinski definition) is 0. The minimum atomic E-state index is -0.885. The summed E-state index contributed by atoms with van der Waals surface area (Å²) in [5, 5.41) is 9.84. The second kappa shape index (κ2) is 5.96. The van der Waals surface area contributed by atoms with Crippen LogP contribution in [0.1, 0.15) is 22.4 Å². The zero-order valence-corrected chi connectivity index (χ0v) is 12.6. The average molecular weight is 308 g/mol. The first kappa shape index (κ1) is 14.2. The highest BCUT2D eigenvalue weighted by molar-refractivity contribution is 7.18. The molecule has 0 fully saturated rings. The van der Waals surface area contributed by atoms with E-state index in [0.717, 1.165) is 16.0 Å². The van der Waals surface area contributed by atoms with Gasteiger partial charge in [-0.15, -0.1) is 11.3 Å². The number of rotatable bonds is 4. The van der Waals surface area contributed by atoms with Gasteiger partial charge in [0.1, 0.15) is 16.5 Å². The summed E-state index contributed by atoms with van der Waals surface area (Å²) in [6, 6.07) is 13.2. The van der Waals surface area contributed by atoms with Gasteiger partial charge in [-0.1, -0.05) is 12.1 Å². The SMILES string of the molecule is Cc1ccc(C=CC(=O)C(C#N)c2nc3ccccc3s2)o1. The first-order chi connectivity index (χ1) is 10.7. The van der Waals surface area contributed by atoms with Crippen molar-refractivity contribution in [2.24, 2.45) is 0 Å². The van der Waals surface area contributed by atoms with Gasteiger partial charge in [0.25, 0.3) is 0 Å². The quantitative estimate of drug-likeness (QED) is 0.681. The first-order valence-corrected chi connectivity index (χ1v) is 7.52. The van der Waals surface area contributed by atoms with E-state index in [1.165, 1.54) is 17.4 Å². The van der Waals surface area contributed by atoms with E-state index >= 15 is 0 Å². The minimum absolute atomic E-state index is 0.296. The molecule has 1 aromatic carbocycles. The second-order valence-electron chi connectivity index (χ2n) is 4.77. The molecule has 0 amide bonds. The summed E-state index contributed by atoms with van der Waals surface area (Å²) >= 11 is 1.37. The van der Waals surface area contributed by atoms with Crippen LogP contribution in [0.15, 0.2) is 46.9 Å². The van der Waals surface area contributed by atoms with E-state index in [1.807, 2.05) is 43.3 Å². The predicted octanol–water partition coefficient (Wildman–Crippen LogP) is 4.09. The lowest BCUT2D eigenvalue weighted by Crippen LogP contribution is -2.07. The van der Waals surface area contributed by atoms with Crippen molar-refractivity contribution in [2.45, 2.75) is 12.8 Å². The van der Waals surface area contributed by atoms with Crippen LogP contribution < -0.4 is 0 Å². The Labute approximate surface area is 131 Å². The van der Waals surface area contributed by atoms with Gasteiger partial charge >= 0.3 is 0 Å². The summed E-state index contributed by atoms with van der Waals surface area (Å²) in [6.45, 7) is 1.83. The molecule has 3 aromatic rings. The highest BCUT2D eigenvalue weighted by Crippen LogP contribution is 2.28. The van der Waals surface area contributed by atoms with Gasteiger partial charge < -0.3 is 4.42 Å². The van der Waals surface area contributed by atoms with Gasteiger partial charge in [0.15, 0.2) is 11.7 Å². The number of carbonyl (C=O) groups excluding carboxylic acids is 1. The summed E-state index contributed by atoms with van der Waals surface area (Å²) in [5.74, 6) is 0.183. The predicted molar refractivity (Wildman–Crippen MR) is 85.5 cm³/mol. The number of fused-ring (bicyclic) bond motifs is 1. The van der Waals surface area contributed by atoms with Gasteiger partial charge in [-0.05, 0) is 43.3 Å². The lowest BCUT2D eigenvalue weighted by atomic mass is 10.1. The molecular formula is C17H12N2O2S. The number of thiazole rings is 1. The molecule has 108 valence electrons. The van der Waals surface area contributed by atoms with E-state index in [9.17, 15) is 10.1 Å². The van der Waals surface area contributed by atoms with Crippen molar-refractivity contribution in [2.75, 3.05) is 0 Å². The summed E-state index contributed by atoms with van der Waals surface area (Å²) in [4.78, 5) is 16.6. The Morgan fingerprint density at radius 2 is 2.18 bits per heavy atom. The van der Waals surface area contributed by atoms with Crippen LogP contribution in [0.5, 0.6) is 0 Å². The summed E-state index contributed by atoms with van der Waals surface area (Å²) < 4.78 is 6.33. The third-order valence-electron chi connectivity index (χ3n) is 3.14. The highest BCUT2D eigenvalue weighted by Gasteiger charge is 2.22. The summed E-state index contributed by atoms with van der Waals surface area (Å²) in [7, 11) is 0. The van der Waals surface area contributed by atoms with E-state index in [4.69, 9.17) is 4.42 Å². The number of furan rings is 1. The minimum Gasteiger partial charge on any atom is -0.462 e. The van der Waals surface area contributed by atoms with Crippen LogP contribution in [0.3, 0.4) is 0 Å². The van der Waals surface area contributed by atoms with Crippen molar-refractivity contribution >= 4 is 33.4 Å². The molecule has 1 atom stereocenters. The molecular weight excluding hydrogens is 296 g/mol. The fourth-order valence-corrected chi connectivity index (χ4v) is 3.08. The zero-order valence-electron chi connectivity index (χ0n) is 11.8. The maximum Gasteiger partial charge on any atom is 0.179 e. The van der Waals surface area contributed by atoms with Gasteiger partial charge in [-0.3, -0.25) is 4.79 Å². The van der Waals surface area contributed by atoms with Crippen molar-refractivity contribution in [1.82, 2.24) is 4.98 Å². The molecule has 4 nitrogen and oxygen atoms in total. The number of allylic oxidation sites excluding steroid dienone is 1. The Balaban J connectivity index is 1.85. The molecule has 0 radical (unpaired) electrons. The first-order valence-electron chi connectivity index (χ1n) is 6.71. The van der Waals surface area contributed by atoms with Crippen LogP contribution >= 0.6 is 11.3 Å². The van der Waals surface area contributed by atoms with Crippen LogP contribution in [0, 0.1) is 18.3 Å². The molecule has 0 aliphatic heterocycles. The van der Waals surface area contributed by atoms with Gasteiger partial charge in [-0.2, -0.15) is 5.26 Å². The van der Waals surface area contributed by atoms with E-state index in [0.29, 0.717) is 10.8 Å². The molecule has 22 heavy (non-hydrogen) atoms. The Morgan fingerprint density at radius 1 is 1.36 bits per heavy atom. The van der Waals surface area contributed by atoms with E-state index in [1.54, 1.807) is 12.1 Å². The Kier molecular flexibility index (Phi) is 3.86. The lowest BCUT2D eigenvalue weighted by Gasteiger charge is -1.99. The molecule has 1 unspecified atom stereocenters. The number of nitrogens with zero attached hydrogens (tertiary/aromatic N) is 2. The number of hydrogen-bond acceptors (Lipinski definition) is 5. The van der Waals surface area contributed by atoms with Crippen molar-refractivity contribution in [3.63, 3.8) is 0 Å². The van der Waals surface area contributed by atoms with Crippen LogP contribution in [0.4, 0.5) is 0 Å². The van der Waals surface area contributed by atoms with Crippen molar-refractivity contribution in [3.05, 3.63) is 59.0 Å². The fraction of sp³-hybridized carbons (Fsp3) is 0.118. The van der Waals surface area contributed by atoms with E-state index < -0.39 is 5.92 Å². The molecule has 2 aromatic heterocycles. The van der Waals surface area contributed by atoms with Gasteiger partial charge in [0, 0.05) is 0 Å². The van der Waals surface area contributed by atoms with E-state index in [2.05, 4.69) is 4.98 Å². The zero-order chi connectivity index (χ0) is 15.5. The molecule has 0 aliphatic carbocycles. The van der Waals surface area contributed by atoms with Crippen molar-refractivity contribution in [1.29, 1.82) is 5.26 Å². The molecule has 2 heterocycles. The Bertz CT molecular complexity index is 866. The molecule has 0 N–H and O–H groups in total. The lowest BCUT2D eigenvalue weighted by molar-refractivity contribution is -0.114. The molecule has 0 saturated heterocycles. The normalized spacial score (nSPS) is 12.5. The van der Waals surface area contributed by atoms with Crippen molar-refractivity contribution < 1.29 is 9.21 Å². The maximum absolute atomic E-state index is 12.2. The molecule has 0 saturated carbocycles. The van der Waals surface area contributed by atoms with Crippen molar-refractivity contribution in [3.8, 4) is 6.07 Å². The number of benzene rings is 1. The number of nitriles is 1. The maximum atomic E-state index is 12.2. The van der Waals surface area contributed by atoms with Crippen LogP contribution in [-0.4, -0.2) is 10.8 Å². The molecule has 0 spiro atoms. The number of para-hydroxylation sites is 1. The third kappa shape index (κ3) is 2.83. The second-order valence-corrected chi connectivity index (χ2v) is 5.83. The van der Waals surface area contributed by atoms with E-state index in [-0.39, 0.29) is 5.78 Å². The van der Waals surface area contributed by atoms with Crippen LogP contribution in [0.25, 0.3) is 16.3 Å². The molecule has 3 rings (SSSR count). The smallest absolute Gasteiger partial charge is 0.179 e. The Morgan fingerprint density at radius 3 is 2.86 bits per heavy atom. The average Bonchev–Trinajstić information content (AvgIpc) is 3.11. The van der Waals surface area contributed by atoms with Gasteiger partial charge in [0.05, 0.1) is 16.3 Å². The number of carbonyl (C=O) groups is 1. The molecule has 0 aliphatic rings. The standard InChI is InChI=1S/C17H12N2O2S/c1-11-6-7-12(21-11)8-9-15(20)13(10-18)17-19-14-4-2-3-5-16(14)22-17/h2-9,13H,1H3. The topological polar surface area (TPSA) is 66.9 Å². The number of ketones is 1. The summed E-state index contributed by atoms with van der Waals surface area (Å²) in [5.41, 5.74) is 0.807. The fourth-order valence-electron chi connectivity index (χ4n) is 2.06. The third-order valence-corrected chi connectivity index (χ3v) is 4.25. The van der Waals surface area contributed by atoms with Gasteiger partial charge in [-0.25, -0.2) is 4.98 Å². The Hall–Kier alpha value is -2.71. The summed E-state index contributed by atoms with van der Waals surface area (Å²) in [6.07, 6.45) is 2.95. The number of aromatic nitrogens is 1. The van der Waals surface area contributed by atoms with Gasteiger partial charge in [0.2, 0.25) is 0 Å². The molecule has 0 bridgehead atoms. The highest BCUT2D eigenvalue weighted by atomic mass is 32.1. The molecule has 5 heteroatoms.